The van der Waals surface area contributed by atoms with Crippen molar-refractivity contribution in [2.24, 2.45) is 0 Å². The molecule has 0 rings (SSSR count). The van der Waals surface area contributed by atoms with E-state index in [-0.39, 0.29) is 37.5 Å². The summed E-state index contributed by atoms with van der Waals surface area (Å²) < 4.78 is 16.8. The maximum absolute atomic E-state index is 12.9. The molecule has 0 aliphatic carbocycles. The minimum absolute atomic E-state index is 0.102. The van der Waals surface area contributed by atoms with Gasteiger partial charge in [0, 0.05) is 19.3 Å². The van der Waals surface area contributed by atoms with Gasteiger partial charge in [-0.05, 0) is 109 Å². The van der Waals surface area contributed by atoms with E-state index in [1.165, 1.54) is 148 Å². The molecule has 0 spiro atoms. The van der Waals surface area contributed by atoms with Gasteiger partial charge >= 0.3 is 17.9 Å². The summed E-state index contributed by atoms with van der Waals surface area (Å²) in [6, 6.07) is 0. The van der Waals surface area contributed by atoms with Gasteiger partial charge in [-0.15, -0.1) is 0 Å². The largest absolute Gasteiger partial charge is 0.462 e. The van der Waals surface area contributed by atoms with Crippen LogP contribution in [0.4, 0.5) is 0 Å². The average Bonchev–Trinajstić information content (AvgIpc) is 3.42. The summed E-state index contributed by atoms with van der Waals surface area (Å²) in [5.74, 6) is -0.989. The van der Waals surface area contributed by atoms with E-state index in [1.807, 2.05) is 6.08 Å². The van der Waals surface area contributed by atoms with Crippen LogP contribution < -0.4 is 0 Å². The fourth-order valence-corrected chi connectivity index (χ4v) is 8.80. The fourth-order valence-electron chi connectivity index (χ4n) is 8.80. The number of rotatable bonds is 57. The molecule has 6 heteroatoms. The molecule has 6 nitrogen and oxygen atoms in total. The molecule has 434 valence electrons. The molecule has 1 atom stereocenters. The number of carbonyl (C=O) groups excluding carboxylic acids is 3. The van der Waals surface area contributed by atoms with Crippen molar-refractivity contribution in [1.82, 2.24) is 0 Å². The van der Waals surface area contributed by atoms with Crippen LogP contribution in [0.25, 0.3) is 0 Å². The standard InChI is InChI=1S/C70H118O6/c1-4-7-10-13-16-19-22-25-27-29-30-31-32-33-34-35-36-37-38-39-40-41-43-45-48-51-54-57-60-63-69(72)75-66-67(65-74-68(71)62-59-56-53-50-47-44-24-21-18-15-12-9-6-3)76-70(73)64-61-58-55-52-49-46-42-28-26-23-20-17-14-11-8-5-2/h7,9-10,12,16,18-19,21,25,27-28,30-31,42,44,47,53,56,67H,4-6,8,11,13-15,17,20,22-24,26,29,32-41,43,45-46,48-52,54-55,57-66H2,1-3H3/b10-7-,12-9-,19-16-,21-18-,27-25-,31-30-,42-28-,47-44-,56-53-. The number of esters is 3. The molecule has 0 fully saturated rings. The SMILES string of the molecule is CC/C=C\C/C=C\C/C=C\C/C=C\CCCCCCCCCCCCCCCCCCC(=O)OCC(COC(=O)CC/C=C\C/C=C\C/C=C\C/C=C\CC)OC(=O)CCCCCCC/C=C\CCCCCCCCC. The molecule has 0 bridgehead atoms. The third-order valence-electron chi connectivity index (χ3n) is 13.5. The molecule has 0 saturated carbocycles. The summed E-state index contributed by atoms with van der Waals surface area (Å²) in [6.45, 7) is 6.36. The van der Waals surface area contributed by atoms with Crippen LogP contribution in [0, 0.1) is 0 Å². The molecule has 0 aromatic carbocycles. The van der Waals surface area contributed by atoms with Gasteiger partial charge in [0.1, 0.15) is 13.2 Å². The molecule has 0 aliphatic rings. The van der Waals surface area contributed by atoms with Crippen LogP contribution in [0.5, 0.6) is 0 Å². The van der Waals surface area contributed by atoms with Gasteiger partial charge < -0.3 is 14.2 Å². The molecule has 0 saturated heterocycles. The Kier molecular flexibility index (Phi) is 60.3. The monoisotopic (exact) mass is 1050 g/mol. The molecule has 0 aliphatic heterocycles. The first-order chi connectivity index (χ1) is 37.5. The zero-order valence-electron chi connectivity index (χ0n) is 49.7. The van der Waals surface area contributed by atoms with Gasteiger partial charge in [0.05, 0.1) is 0 Å². The molecule has 76 heavy (non-hydrogen) atoms. The fraction of sp³-hybridized carbons (Fsp3) is 0.700. The van der Waals surface area contributed by atoms with Crippen molar-refractivity contribution in [3.05, 3.63) is 109 Å². The lowest BCUT2D eigenvalue weighted by atomic mass is 10.0. The lowest BCUT2D eigenvalue weighted by Gasteiger charge is -2.18. The van der Waals surface area contributed by atoms with Crippen molar-refractivity contribution < 1.29 is 28.6 Å². The second-order valence-corrected chi connectivity index (χ2v) is 20.9. The predicted octanol–water partition coefficient (Wildman–Crippen LogP) is 21.8. The minimum Gasteiger partial charge on any atom is -0.462 e. The number of ether oxygens (including phenoxy) is 3. The Hall–Kier alpha value is -3.93. The number of hydrogen-bond donors (Lipinski definition) is 0. The summed E-state index contributed by atoms with van der Waals surface area (Å²) in [5, 5.41) is 0. The van der Waals surface area contributed by atoms with Gasteiger partial charge in [-0.1, -0.05) is 278 Å². The predicted molar refractivity (Wildman–Crippen MR) is 330 cm³/mol. The number of hydrogen-bond acceptors (Lipinski definition) is 6. The van der Waals surface area contributed by atoms with Crippen LogP contribution in [0.3, 0.4) is 0 Å². The van der Waals surface area contributed by atoms with E-state index >= 15 is 0 Å². The Morgan fingerprint density at radius 2 is 0.539 bits per heavy atom. The lowest BCUT2D eigenvalue weighted by Crippen LogP contribution is -2.30. The first-order valence-corrected chi connectivity index (χ1v) is 31.9. The highest BCUT2D eigenvalue weighted by molar-refractivity contribution is 5.71. The molecule has 0 N–H and O–H groups in total. The van der Waals surface area contributed by atoms with E-state index in [2.05, 4.69) is 124 Å². The third kappa shape index (κ3) is 60.9. The van der Waals surface area contributed by atoms with Crippen LogP contribution in [0.1, 0.15) is 297 Å². The Balaban J connectivity index is 4.27. The second kappa shape index (κ2) is 63.6. The Morgan fingerprint density at radius 3 is 0.895 bits per heavy atom. The van der Waals surface area contributed by atoms with E-state index in [1.54, 1.807) is 0 Å². The second-order valence-electron chi connectivity index (χ2n) is 20.9. The van der Waals surface area contributed by atoms with Gasteiger partial charge in [0.25, 0.3) is 0 Å². The zero-order chi connectivity index (χ0) is 55.0. The lowest BCUT2D eigenvalue weighted by molar-refractivity contribution is -0.166. The van der Waals surface area contributed by atoms with Gasteiger partial charge in [-0.3, -0.25) is 14.4 Å². The molecule has 1 unspecified atom stereocenters. The highest BCUT2D eigenvalue weighted by atomic mass is 16.6. The van der Waals surface area contributed by atoms with Gasteiger partial charge in [-0.25, -0.2) is 0 Å². The number of carbonyl (C=O) groups is 3. The number of unbranched alkanes of at least 4 members (excludes halogenated alkanes) is 28. The highest BCUT2D eigenvalue weighted by Crippen LogP contribution is 2.16. The summed E-state index contributed by atoms with van der Waals surface area (Å²) in [5.41, 5.74) is 0. The zero-order valence-corrected chi connectivity index (χ0v) is 49.7. The van der Waals surface area contributed by atoms with Crippen LogP contribution in [0.15, 0.2) is 109 Å². The van der Waals surface area contributed by atoms with E-state index in [9.17, 15) is 14.4 Å². The highest BCUT2D eigenvalue weighted by Gasteiger charge is 2.19. The topological polar surface area (TPSA) is 78.9 Å². The molecule has 0 amide bonds. The van der Waals surface area contributed by atoms with Gasteiger partial charge in [-0.2, -0.15) is 0 Å². The van der Waals surface area contributed by atoms with Crippen LogP contribution in [-0.4, -0.2) is 37.2 Å². The first-order valence-electron chi connectivity index (χ1n) is 31.9. The average molecular weight is 1060 g/mol. The molecule has 0 radical (unpaired) electrons. The molecule has 0 aromatic heterocycles. The van der Waals surface area contributed by atoms with Crippen molar-refractivity contribution in [3.8, 4) is 0 Å². The Labute approximate surface area is 470 Å². The normalized spacial score (nSPS) is 12.8. The first kappa shape index (κ1) is 72.1. The summed E-state index contributed by atoms with van der Waals surface area (Å²) in [6.07, 6.45) is 86.9. The minimum atomic E-state index is -0.812. The van der Waals surface area contributed by atoms with Crippen molar-refractivity contribution in [3.63, 3.8) is 0 Å². The van der Waals surface area contributed by atoms with Crippen molar-refractivity contribution in [2.75, 3.05) is 13.2 Å². The van der Waals surface area contributed by atoms with Crippen LogP contribution in [0.2, 0.25) is 0 Å². The van der Waals surface area contributed by atoms with Gasteiger partial charge in [0.2, 0.25) is 0 Å². The molecular formula is C70H118O6. The molecule has 0 heterocycles. The van der Waals surface area contributed by atoms with E-state index < -0.39 is 6.10 Å². The molecule has 0 aromatic rings. The third-order valence-corrected chi connectivity index (χ3v) is 13.5. The number of allylic oxidation sites excluding steroid dienone is 18. The van der Waals surface area contributed by atoms with Gasteiger partial charge in [0.15, 0.2) is 6.10 Å². The maximum Gasteiger partial charge on any atom is 0.306 e. The summed E-state index contributed by atoms with van der Waals surface area (Å²) in [7, 11) is 0. The van der Waals surface area contributed by atoms with E-state index in [0.717, 1.165) is 103 Å². The summed E-state index contributed by atoms with van der Waals surface area (Å²) in [4.78, 5) is 38.2. The van der Waals surface area contributed by atoms with Crippen LogP contribution in [-0.2, 0) is 28.6 Å². The van der Waals surface area contributed by atoms with Crippen molar-refractivity contribution in [2.45, 2.75) is 303 Å². The van der Waals surface area contributed by atoms with Crippen LogP contribution >= 0.6 is 0 Å². The Bertz CT molecular complexity index is 1540. The molecular weight excluding hydrogens is 937 g/mol. The van der Waals surface area contributed by atoms with Crippen molar-refractivity contribution in [1.29, 1.82) is 0 Å². The quantitative estimate of drug-likeness (QED) is 0.0261. The Morgan fingerprint density at radius 1 is 0.276 bits per heavy atom. The van der Waals surface area contributed by atoms with E-state index in [0.29, 0.717) is 19.3 Å². The van der Waals surface area contributed by atoms with Crippen molar-refractivity contribution >= 4 is 17.9 Å². The van der Waals surface area contributed by atoms with E-state index in [4.69, 9.17) is 14.2 Å². The smallest absolute Gasteiger partial charge is 0.306 e. The maximum atomic E-state index is 12.9. The summed E-state index contributed by atoms with van der Waals surface area (Å²) >= 11 is 0.